The van der Waals surface area contributed by atoms with Crippen molar-refractivity contribution in [2.45, 2.75) is 106 Å². The van der Waals surface area contributed by atoms with Gasteiger partial charge in [-0.2, -0.15) is 0 Å². The Hall–Kier alpha value is -3.23. The Morgan fingerprint density at radius 2 is 1.20 bits per heavy atom. The molecule has 8 nitrogen and oxygen atoms in total. The van der Waals surface area contributed by atoms with Crippen LogP contribution >= 0.6 is 0 Å². The normalized spacial score (nSPS) is 23.0. The first-order valence-corrected chi connectivity index (χ1v) is 14.2. The van der Waals surface area contributed by atoms with Crippen LogP contribution in [0.1, 0.15) is 87.7 Å². The van der Waals surface area contributed by atoms with E-state index in [4.69, 9.17) is 23.7 Å². The predicted molar refractivity (Wildman–Crippen MR) is 155 cm³/mol. The molecular formula is C33H44O8. The first-order valence-electron chi connectivity index (χ1n) is 14.2. The summed E-state index contributed by atoms with van der Waals surface area (Å²) in [5, 5.41) is 0. The van der Waals surface area contributed by atoms with Crippen LogP contribution in [0.2, 0.25) is 0 Å². The van der Waals surface area contributed by atoms with Gasteiger partial charge in [0.05, 0.1) is 17.2 Å². The van der Waals surface area contributed by atoms with E-state index in [1.807, 2.05) is 79.7 Å². The Kier molecular flexibility index (Phi) is 10.7. The van der Waals surface area contributed by atoms with Crippen LogP contribution in [0.15, 0.2) is 24.3 Å². The van der Waals surface area contributed by atoms with E-state index >= 15 is 0 Å². The number of hydrogen-bond donors (Lipinski definition) is 0. The molecular weight excluding hydrogens is 524 g/mol. The van der Waals surface area contributed by atoms with E-state index in [0.29, 0.717) is 11.1 Å². The van der Waals surface area contributed by atoms with Crippen molar-refractivity contribution in [3.05, 3.63) is 68.8 Å². The Bertz CT molecular complexity index is 1240. The highest BCUT2D eigenvalue weighted by atomic mass is 16.7. The van der Waals surface area contributed by atoms with Gasteiger partial charge in [-0.05, 0) is 76.6 Å². The van der Waals surface area contributed by atoms with Gasteiger partial charge in [-0.1, -0.05) is 55.7 Å². The van der Waals surface area contributed by atoms with Crippen molar-refractivity contribution in [1.29, 1.82) is 0 Å². The first-order chi connectivity index (χ1) is 19.3. The molecule has 0 bridgehead atoms. The maximum atomic E-state index is 13.7. The van der Waals surface area contributed by atoms with Crippen LogP contribution in [0.4, 0.5) is 0 Å². The molecule has 2 aromatic rings. The lowest BCUT2D eigenvalue weighted by Gasteiger charge is -2.43. The molecule has 0 aliphatic carbocycles. The minimum atomic E-state index is -1.21. The van der Waals surface area contributed by atoms with Crippen LogP contribution in [-0.4, -0.2) is 55.7 Å². The van der Waals surface area contributed by atoms with Crippen LogP contribution in [0.25, 0.3) is 0 Å². The first kappa shape index (κ1) is 32.3. The van der Waals surface area contributed by atoms with Gasteiger partial charge in [-0.3, -0.25) is 4.79 Å². The van der Waals surface area contributed by atoms with Crippen LogP contribution in [0, 0.1) is 47.5 Å². The molecule has 1 fully saturated rings. The Morgan fingerprint density at radius 3 is 1.61 bits per heavy atom. The number of hydrogen-bond acceptors (Lipinski definition) is 8. The van der Waals surface area contributed by atoms with Gasteiger partial charge in [-0.15, -0.1) is 0 Å². The Labute approximate surface area is 243 Å². The van der Waals surface area contributed by atoms with E-state index in [-0.39, 0.29) is 12.3 Å². The number of methoxy groups -OCH3 is 1. The van der Waals surface area contributed by atoms with E-state index in [1.165, 1.54) is 7.11 Å². The van der Waals surface area contributed by atoms with Crippen molar-refractivity contribution in [1.82, 2.24) is 0 Å². The summed E-state index contributed by atoms with van der Waals surface area (Å²) in [6.07, 6.45) is -4.22. The molecule has 0 radical (unpaired) electrons. The largest absolute Gasteiger partial charge is 0.455 e. The molecule has 1 aliphatic heterocycles. The molecule has 3 rings (SSSR count). The standard InChI is InChI=1S/C33H44O8/c1-11-17(2)16-25(34)39-28-24(9)38-33(37-10)30(41-32(36)27-22(7)14-19(4)15-23(27)8)29(28)40-31(35)26-20(5)12-18(3)13-21(26)6/h12-15,17,24,28-30,33H,11,16H2,1-10H3/t17-,24+,28+,29-,30+,33-/m0/s1. The second kappa shape index (κ2) is 13.6. The smallest absolute Gasteiger partial charge is 0.339 e. The number of esters is 3. The molecule has 224 valence electrons. The van der Waals surface area contributed by atoms with Crippen molar-refractivity contribution < 1.29 is 38.1 Å². The molecule has 0 N–H and O–H groups in total. The van der Waals surface area contributed by atoms with Crippen LogP contribution in [0.3, 0.4) is 0 Å². The molecule has 0 spiro atoms. The number of aryl methyl sites for hydroxylation is 6. The van der Waals surface area contributed by atoms with Gasteiger partial charge in [0.2, 0.25) is 0 Å². The predicted octanol–water partition coefficient (Wildman–Crippen LogP) is 6.03. The third-order valence-corrected chi connectivity index (χ3v) is 7.69. The molecule has 1 saturated heterocycles. The van der Waals surface area contributed by atoms with Crippen LogP contribution in [-0.2, 0) is 28.5 Å². The van der Waals surface area contributed by atoms with Crippen molar-refractivity contribution in [2.75, 3.05) is 7.11 Å². The molecule has 8 heteroatoms. The fourth-order valence-electron chi connectivity index (χ4n) is 5.58. The van der Waals surface area contributed by atoms with Crippen LogP contribution in [0.5, 0.6) is 0 Å². The summed E-state index contributed by atoms with van der Waals surface area (Å²) in [4.78, 5) is 40.2. The summed E-state index contributed by atoms with van der Waals surface area (Å²) in [6, 6.07) is 7.60. The molecule has 41 heavy (non-hydrogen) atoms. The number of carbonyl (C=O) groups excluding carboxylic acids is 3. The fraction of sp³-hybridized carbons (Fsp3) is 0.545. The van der Waals surface area contributed by atoms with E-state index in [1.54, 1.807) is 6.92 Å². The molecule has 1 aliphatic rings. The summed E-state index contributed by atoms with van der Waals surface area (Å²) in [5.74, 6) is -1.57. The molecule has 0 unspecified atom stereocenters. The maximum Gasteiger partial charge on any atom is 0.339 e. The van der Waals surface area contributed by atoms with Gasteiger partial charge in [0, 0.05) is 13.5 Å². The monoisotopic (exact) mass is 568 g/mol. The minimum Gasteiger partial charge on any atom is -0.455 e. The second-order valence-electron chi connectivity index (χ2n) is 11.4. The highest BCUT2D eigenvalue weighted by molar-refractivity contribution is 5.94. The summed E-state index contributed by atoms with van der Waals surface area (Å²) in [7, 11) is 1.42. The number of carbonyl (C=O) groups is 3. The zero-order valence-electron chi connectivity index (χ0n) is 26.0. The second-order valence-corrected chi connectivity index (χ2v) is 11.4. The average molecular weight is 569 g/mol. The summed E-state index contributed by atoms with van der Waals surface area (Å²) in [6.45, 7) is 16.9. The molecule has 0 saturated carbocycles. The van der Waals surface area contributed by atoms with Gasteiger partial charge in [0.25, 0.3) is 0 Å². The molecule has 2 aromatic carbocycles. The average Bonchev–Trinajstić information content (AvgIpc) is 2.86. The lowest BCUT2D eigenvalue weighted by Crippen LogP contribution is -2.61. The number of benzene rings is 2. The number of rotatable bonds is 9. The molecule has 1 heterocycles. The SMILES string of the molecule is CC[C@H](C)CC(=O)O[C@H]1[C@H](OC(=O)c2c(C)cc(C)cc2C)[C@@H](OC(=O)c2c(C)cc(C)cc2C)[C@@H](OC)O[C@@H]1C. The molecule has 0 aromatic heterocycles. The van der Waals surface area contributed by atoms with Gasteiger partial charge in [0.15, 0.2) is 24.6 Å². The van der Waals surface area contributed by atoms with Crippen molar-refractivity contribution in [3.8, 4) is 0 Å². The van der Waals surface area contributed by atoms with E-state index < -0.39 is 48.6 Å². The van der Waals surface area contributed by atoms with Gasteiger partial charge in [0.1, 0.15) is 0 Å². The number of ether oxygens (including phenoxy) is 5. The lowest BCUT2D eigenvalue weighted by molar-refractivity contribution is -0.287. The van der Waals surface area contributed by atoms with Gasteiger partial charge >= 0.3 is 17.9 Å². The summed E-state index contributed by atoms with van der Waals surface area (Å²) in [5.41, 5.74) is 5.85. The summed E-state index contributed by atoms with van der Waals surface area (Å²) >= 11 is 0. The zero-order valence-corrected chi connectivity index (χ0v) is 26.0. The highest BCUT2D eigenvalue weighted by Crippen LogP contribution is 2.32. The van der Waals surface area contributed by atoms with Crippen molar-refractivity contribution >= 4 is 17.9 Å². The van der Waals surface area contributed by atoms with Crippen molar-refractivity contribution in [2.24, 2.45) is 5.92 Å². The third-order valence-electron chi connectivity index (χ3n) is 7.69. The van der Waals surface area contributed by atoms with E-state index in [0.717, 1.165) is 39.8 Å². The molecule has 0 amide bonds. The fourth-order valence-corrected chi connectivity index (χ4v) is 5.58. The van der Waals surface area contributed by atoms with Gasteiger partial charge in [-0.25, -0.2) is 9.59 Å². The topological polar surface area (TPSA) is 97.4 Å². The van der Waals surface area contributed by atoms with Gasteiger partial charge < -0.3 is 23.7 Å². The lowest BCUT2D eigenvalue weighted by atomic mass is 9.96. The minimum absolute atomic E-state index is 0.106. The van der Waals surface area contributed by atoms with Crippen LogP contribution < -0.4 is 0 Å². The third kappa shape index (κ3) is 7.54. The quantitative estimate of drug-likeness (QED) is 0.267. The Morgan fingerprint density at radius 1 is 0.756 bits per heavy atom. The maximum absolute atomic E-state index is 13.7. The Balaban J connectivity index is 2.04. The van der Waals surface area contributed by atoms with E-state index in [9.17, 15) is 14.4 Å². The summed E-state index contributed by atoms with van der Waals surface area (Å²) < 4.78 is 29.6. The molecule has 6 atom stereocenters. The van der Waals surface area contributed by atoms with Crippen molar-refractivity contribution in [3.63, 3.8) is 0 Å². The zero-order chi connectivity index (χ0) is 30.6. The highest BCUT2D eigenvalue weighted by Gasteiger charge is 2.51. The van der Waals surface area contributed by atoms with E-state index in [2.05, 4.69) is 0 Å².